The number of ether oxygens (including phenoxy) is 1. The Morgan fingerprint density at radius 1 is 1.29 bits per heavy atom. The third kappa shape index (κ3) is 4.04. The average molecular weight is 304 g/mol. The van der Waals surface area contributed by atoms with Crippen molar-refractivity contribution in [3.05, 3.63) is 29.1 Å². The molecule has 0 fully saturated rings. The van der Waals surface area contributed by atoms with Crippen molar-refractivity contribution in [2.24, 2.45) is 0 Å². The summed E-state index contributed by atoms with van der Waals surface area (Å²) < 4.78 is 5.46. The number of hydrogen-bond donors (Lipinski definition) is 1. The number of rotatable bonds is 6. The third-order valence-electron chi connectivity index (χ3n) is 2.90. The molecule has 2 rings (SSSR count). The van der Waals surface area contributed by atoms with Gasteiger partial charge in [-0.3, -0.25) is 4.79 Å². The molecule has 0 atom stereocenters. The lowest BCUT2D eigenvalue weighted by molar-refractivity contribution is -0.114. The van der Waals surface area contributed by atoms with Gasteiger partial charge in [0, 0.05) is 17.4 Å². The number of nitrogens with one attached hydrogen (secondary N) is 1. The van der Waals surface area contributed by atoms with Crippen LogP contribution in [0, 0.1) is 0 Å². The Bertz CT molecular complexity index is 605. The van der Waals surface area contributed by atoms with Crippen LogP contribution in [-0.4, -0.2) is 17.5 Å². The van der Waals surface area contributed by atoms with Crippen LogP contribution < -0.4 is 10.1 Å². The number of benzene rings is 1. The van der Waals surface area contributed by atoms with E-state index in [4.69, 9.17) is 4.74 Å². The van der Waals surface area contributed by atoms with Crippen LogP contribution in [0.3, 0.4) is 0 Å². The van der Waals surface area contributed by atoms with E-state index in [1.54, 1.807) is 11.3 Å². The summed E-state index contributed by atoms with van der Waals surface area (Å²) in [5, 5.41) is 3.43. The predicted molar refractivity (Wildman–Crippen MR) is 87.0 cm³/mol. The van der Waals surface area contributed by atoms with Crippen molar-refractivity contribution in [1.29, 1.82) is 0 Å². The van der Waals surface area contributed by atoms with Gasteiger partial charge in [-0.25, -0.2) is 4.98 Å². The van der Waals surface area contributed by atoms with Gasteiger partial charge in [0.2, 0.25) is 5.91 Å². The van der Waals surface area contributed by atoms with Gasteiger partial charge in [-0.2, -0.15) is 0 Å². The van der Waals surface area contributed by atoms with E-state index in [0.717, 1.165) is 29.8 Å². The number of carbonyl (C=O) groups is 1. The van der Waals surface area contributed by atoms with Gasteiger partial charge in [-0.1, -0.05) is 13.3 Å². The van der Waals surface area contributed by atoms with E-state index in [1.807, 2.05) is 31.2 Å². The first-order valence-corrected chi connectivity index (χ1v) is 7.96. The maximum atomic E-state index is 11.2. The minimum atomic E-state index is -0.0926. The smallest absolute Gasteiger partial charge is 0.223 e. The Kier molecular flexibility index (Phi) is 5.33. The Labute approximate surface area is 129 Å². The van der Waals surface area contributed by atoms with E-state index in [9.17, 15) is 4.79 Å². The number of hydrogen-bond acceptors (Lipinski definition) is 4. The highest BCUT2D eigenvalue weighted by Crippen LogP contribution is 2.33. The summed E-state index contributed by atoms with van der Waals surface area (Å²) in [4.78, 5) is 16.9. The van der Waals surface area contributed by atoms with Crippen LogP contribution in [-0.2, 0) is 11.2 Å². The van der Waals surface area contributed by atoms with E-state index in [0.29, 0.717) is 11.7 Å². The summed E-state index contributed by atoms with van der Waals surface area (Å²) in [6.07, 6.45) is 2.01. The number of anilines is 1. The fourth-order valence-electron chi connectivity index (χ4n) is 2.05. The van der Waals surface area contributed by atoms with Gasteiger partial charge < -0.3 is 10.1 Å². The quantitative estimate of drug-likeness (QED) is 0.873. The zero-order valence-electron chi connectivity index (χ0n) is 12.6. The van der Waals surface area contributed by atoms with Gasteiger partial charge in [0.25, 0.3) is 0 Å². The van der Waals surface area contributed by atoms with E-state index in [1.165, 1.54) is 11.8 Å². The first-order valence-electron chi connectivity index (χ1n) is 7.14. The van der Waals surface area contributed by atoms with Crippen molar-refractivity contribution in [1.82, 2.24) is 4.98 Å². The lowest BCUT2D eigenvalue weighted by atomic mass is 10.1. The molecule has 1 heterocycles. The van der Waals surface area contributed by atoms with E-state index in [2.05, 4.69) is 17.2 Å². The van der Waals surface area contributed by atoms with Gasteiger partial charge in [0.15, 0.2) is 5.13 Å². The molecule has 5 heteroatoms. The molecule has 1 amide bonds. The molecule has 4 nitrogen and oxygen atoms in total. The van der Waals surface area contributed by atoms with E-state index < -0.39 is 0 Å². The van der Waals surface area contributed by atoms with Crippen molar-refractivity contribution in [2.75, 3.05) is 11.9 Å². The Morgan fingerprint density at radius 3 is 2.57 bits per heavy atom. The van der Waals surface area contributed by atoms with Crippen LogP contribution in [0.5, 0.6) is 5.75 Å². The number of aromatic nitrogens is 1. The van der Waals surface area contributed by atoms with Crippen LogP contribution in [0.25, 0.3) is 11.3 Å². The summed E-state index contributed by atoms with van der Waals surface area (Å²) in [6.45, 7) is 6.26. The van der Waals surface area contributed by atoms with Crippen molar-refractivity contribution in [3.63, 3.8) is 0 Å². The summed E-state index contributed by atoms with van der Waals surface area (Å²) in [5.41, 5.74) is 2.00. The molecule has 0 bridgehead atoms. The molecule has 0 aliphatic heterocycles. The third-order valence-corrected chi connectivity index (χ3v) is 3.93. The fourth-order valence-corrected chi connectivity index (χ4v) is 3.18. The van der Waals surface area contributed by atoms with Gasteiger partial charge in [0.05, 0.1) is 12.3 Å². The van der Waals surface area contributed by atoms with Crippen LogP contribution in [0.15, 0.2) is 24.3 Å². The van der Waals surface area contributed by atoms with Crippen molar-refractivity contribution >= 4 is 22.4 Å². The van der Waals surface area contributed by atoms with Crippen LogP contribution in [0.2, 0.25) is 0 Å². The fraction of sp³-hybridized carbons (Fsp3) is 0.375. The number of amides is 1. The van der Waals surface area contributed by atoms with E-state index >= 15 is 0 Å². The second-order valence-electron chi connectivity index (χ2n) is 4.68. The minimum absolute atomic E-state index is 0.0926. The van der Waals surface area contributed by atoms with Crippen molar-refractivity contribution < 1.29 is 9.53 Å². The first-order chi connectivity index (χ1) is 10.1. The maximum Gasteiger partial charge on any atom is 0.223 e. The minimum Gasteiger partial charge on any atom is -0.494 e. The van der Waals surface area contributed by atoms with Crippen LogP contribution >= 0.6 is 11.3 Å². The molecule has 1 aromatic heterocycles. The average Bonchev–Trinajstić information content (AvgIpc) is 2.82. The molecule has 21 heavy (non-hydrogen) atoms. The maximum absolute atomic E-state index is 11.2. The SMILES string of the molecule is CCCc1sc(NC(C)=O)nc1-c1ccc(OCC)cc1. The van der Waals surface area contributed by atoms with Gasteiger partial charge >= 0.3 is 0 Å². The molecule has 0 unspecified atom stereocenters. The Hall–Kier alpha value is -1.88. The highest BCUT2D eigenvalue weighted by atomic mass is 32.1. The molecule has 1 aromatic carbocycles. The number of carbonyl (C=O) groups excluding carboxylic acids is 1. The molecule has 0 saturated carbocycles. The highest BCUT2D eigenvalue weighted by Gasteiger charge is 2.13. The summed E-state index contributed by atoms with van der Waals surface area (Å²) in [5.74, 6) is 0.764. The molecule has 0 aliphatic rings. The summed E-state index contributed by atoms with van der Waals surface area (Å²) in [7, 11) is 0. The predicted octanol–water partition coefficient (Wildman–Crippen LogP) is 4.12. The van der Waals surface area contributed by atoms with Gasteiger partial charge in [-0.15, -0.1) is 11.3 Å². The van der Waals surface area contributed by atoms with Crippen LogP contribution in [0.4, 0.5) is 5.13 Å². The Morgan fingerprint density at radius 2 is 2.00 bits per heavy atom. The molecular weight excluding hydrogens is 284 g/mol. The molecule has 0 aliphatic carbocycles. The molecule has 0 radical (unpaired) electrons. The second kappa shape index (κ2) is 7.22. The lowest BCUT2D eigenvalue weighted by Gasteiger charge is -2.05. The zero-order valence-corrected chi connectivity index (χ0v) is 13.4. The topological polar surface area (TPSA) is 51.2 Å². The standard InChI is InChI=1S/C16H20N2O2S/c1-4-6-14-15(18-16(21-14)17-11(3)19)12-7-9-13(10-8-12)20-5-2/h7-10H,4-6H2,1-3H3,(H,17,18,19). The first kappa shape index (κ1) is 15.5. The molecular formula is C16H20N2O2S. The van der Waals surface area contributed by atoms with Crippen molar-refractivity contribution in [2.45, 2.75) is 33.6 Å². The molecule has 1 N–H and O–H groups in total. The van der Waals surface area contributed by atoms with Gasteiger partial charge in [-0.05, 0) is 37.6 Å². The number of nitrogens with zero attached hydrogens (tertiary/aromatic N) is 1. The zero-order chi connectivity index (χ0) is 15.2. The monoisotopic (exact) mass is 304 g/mol. The molecule has 0 spiro atoms. The highest BCUT2D eigenvalue weighted by molar-refractivity contribution is 7.16. The van der Waals surface area contributed by atoms with E-state index in [-0.39, 0.29) is 5.91 Å². The molecule has 2 aromatic rings. The van der Waals surface area contributed by atoms with Gasteiger partial charge in [0.1, 0.15) is 5.75 Å². The number of thiazole rings is 1. The Balaban J connectivity index is 2.31. The molecule has 112 valence electrons. The van der Waals surface area contributed by atoms with Crippen molar-refractivity contribution in [3.8, 4) is 17.0 Å². The van der Waals surface area contributed by atoms with Crippen LogP contribution in [0.1, 0.15) is 32.1 Å². The lowest BCUT2D eigenvalue weighted by Crippen LogP contribution is -2.04. The summed E-state index contributed by atoms with van der Waals surface area (Å²) in [6, 6.07) is 7.92. The molecule has 0 saturated heterocycles. The largest absolute Gasteiger partial charge is 0.494 e. The normalized spacial score (nSPS) is 10.4. The number of aryl methyl sites for hydroxylation is 1. The summed E-state index contributed by atoms with van der Waals surface area (Å²) >= 11 is 1.55. The second-order valence-corrected chi connectivity index (χ2v) is 5.76.